The van der Waals surface area contributed by atoms with Crippen molar-refractivity contribution in [1.82, 2.24) is 15.1 Å². The van der Waals surface area contributed by atoms with E-state index in [9.17, 15) is 9.59 Å². The minimum absolute atomic E-state index is 0.0499. The SMILES string of the molecule is Cc1c(Cl)c(C(=O)NC(C)(CC(=O)O)C(C)C)nn1C. The summed E-state index contributed by atoms with van der Waals surface area (Å²) in [5.74, 6) is -1.48. The van der Waals surface area contributed by atoms with Crippen LogP contribution in [-0.2, 0) is 11.8 Å². The van der Waals surface area contributed by atoms with Crippen LogP contribution in [0.15, 0.2) is 0 Å². The predicted molar refractivity (Wildman–Crippen MR) is 75.9 cm³/mol. The molecule has 0 spiro atoms. The van der Waals surface area contributed by atoms with Crippen LogP contribution < -0.4 is 5.32 Å². The van der Waals surface area contributed by atoms with Crippen LogP contribution >= 0.6 is 11.6 Å². The zero-order chi connectivity index (χ0) is 15.7. The number of carboxylic acid groups (broad SMARTS) is 1. The summed E-state index contributed by atoms with van der Waals surface area (Å²) in [6.45, 7) is 7.17. The second-order valence-corrected chi connectivity index (χ2v) is 5.85. The van der Waals surface area contributed by atoms with Gasteiger partial charge in [0, 0.05) is 7.05 Å². The molecule has 0 aliphatic carbocycles. The van der Waals surface area contributed by atoms with E-state index in [1.54, 1.807) is 20.9 Å². The van der Waals surface area contributed by atoms with Crippen molar-refractivity contribution in [3.63, 3.8) is 0 Å². The highest BCUT2D eigenvalue weighted by Gasteiger charge is 2.34. The first-order valence-corrected chi connectivity index (χ1v) is 6.69. The molecule has 0 radical (unpaired) electrons. The molecule has 112 valence electrons. The Kier molecular flexibility index (Phi) is 4.81. The molecule has 1 aromatic heterocycles. The summed E-state index contributed by atoms with van der Waals surface area (Å²) >= 11 is 6.06. The Balaban J connectivity index is 3.02. The van der Waals surface area contributed by atoms with Crippen molar-refractivity contribution >= 4 is 23.5 Å². The number of amides is 1. The van der Waals surface area contributed by atoms with Gasteiger partial charge in [0.15, 0.2) is 5.69 Å². The highest BCUT2D eigenvalue weighted by molar-refractivity contribution is 6.34. The van der Waals surface area contributed by atoms with E-state index in [1.165, 1.54) is 4.68 Å². The molecule has 1 rings (SSSR count). The van der Waals surface area contributed by atoms with Gasteiger partial charge in [0.25, 0.3) is 5.91 Å². The number of carboxylic acids is 1. The number of hydrogen-bond donors (Lipinski definition) is 2. The Hall–Kier alpha value is -1.56. The number of aliphatic carboxylic acids is 1. The molecule has 20 heavy (non-hydrogen) atoms. The predicted octanol–water partition coefficient (Wildman–Crippen LogP) is 2.00. The van der Waals surface area contributed by atoms with E-state index >= 15 is 0 Å². The van der Waals surface area contributed by atoms with Crippen molar-refractivity contribution in [2.75, 3.05) is 0 Å². The van der Waals surface area contributed by atoms with E-state index < -0.39 is 17.4 Å². The molecule has 1 amide bonds. The van der Waals surface area contributed by atoms with Gasteiger partial charge in [-0.2, -0.15) is 5.10 Å². The van der Waals surface area contributed by atoms with Crippen molar-refractivity contribution < 1.29 is 14.7 Å². The van der Waals surface area contributed by atoms with Gasteiger partial charge in [-0.3, -0.25) is 14.3 Å². The summed E-state index contributed by atoms with van der Waals surface area (Å²) in [5, 5.41) is 16.1. The van der Waals surface area contributed by atoms with Gasteiger partial charge in [0.05, 0.1) is 22.7 Å². The molecule has 0 saturated heterocycles. The molecular weight excluding hydrogens is 282 g/mol. The number of hydrogen-bond acceptors (Lipinski definition) is 3. The van der Waals surface area contributed by atoms with Gasteiger partial charge in [-0.1, -0.05) is 25.4 Å². The van der Waals surface area contributed by atoms with Crippen molar-refractivity contribution in [2.45, 2.75) is 39.7 Å². The van der Waals surface area contributed by atoms with E-state index in [-0.39, 0.29) is 23.1 Å². The van der Waals surface area contributed by atoms with Crippen molar-refractivity contribution in [2.24, 2.45) is 13.0 Å². The molecule has 7 heteroatoms. The zero-order valence-electron chi connectivity index (χ0n) is 12.3. The third-order valence-corrected chi connectivity index (χ3v) is 4.12. The largest absolute Gasteiger partial charge is 0.481 e. The maximum atomic E-state index is 12.3. The van der Waals surface area contributed by atoms with E-state index in [4.69, 9.17) is 16.7 Å². The second-order valence-electron chi connectivity index (χ2n) is 5.47. The van der Waals surface area contributed by atoms with Crippen molar-refractivity contribution in [3.8, 4) is 0 Å². The first kappa shape index (κ1) is 16.5. The van der Waals surface area contributed by atoms with Crippen LogP contribution in [0.4, 0.5) is 0 Å². The minimum Gasteiger partial charge on any atom is -0.481 e. The highest BCUT2D eigenvalue weighted by atomic mass is 35.5. The molecule has 0 saturated carbocycles. The van der Waals surface area contributed by atoms with Crippen LogP contribution in [0, 0.1) is 12.8 Å². The summed E-state index contributed by atoms with van der Waals surface area (Å²) in [6.07, 6.45) is -0.167. The lowest BCUT2D eigenvalue weighted by Gasteiger charge is -2.33. The highest BCUT2D eigenvalue weighted by Crippen LogP contribution is 2.24. The van der Waals surface area contributed by atoms with Gasteiger partial charge in [-0.25, -0.2) is 0 Å². The van der Waals surface area contributed by atoms with Crippen LogP contribution in [-0.4, -0.2) is 32.3 Å². The van der Waals surface area contributed by atoms with Crippen molar-refractivity contribution in [1.29, 1.82) is 0 Å². The third-order valence-electron chi connectivity index (χ3n) is 3.67. The number of nitrogens with one attached hydrogen (secondary N) is 1. The van der Waals surface area contributed by atoms with E-state index in [1.807, 2.05) is 13.8 Å². The Morgan fingerprint density at radius 3 is 2.40 bits per heavy atom. The van der Waals surface area contributed by atoms with Crippen LogP contribution in [0.25, 0.3) is 0 Å². The fourth-order valence-electron chi connectivity index (χ4n) is 1.75. The molecule has 0 bridgehead atoms. The quantitative estimate of drug-likeness (QED) is 0.871. The molecule has 1 heterocycles. The average molecular weight is 302 g/mol. The molecule has 0 aliphatic rings. The summed E-state index contributed by atoms with van der Waals surface area (Å²) in [6, 6.07) is 0. The zero-order valence-corrected chi connectivity index (χ0v) is 13.1. The van der Waals surface area contributed by atoms with E-state index in [0.717, 1.165) is 0 Å². The summed E-state index contributed by atoms with van der Waals surface area (Å²) in [5.41, 5.74) is -0.0669. The number of rotatable bonds is 5. The number of aryl methyl sites for hydroxylation is 1. The number of carbonyl (C=O) groups is 2. The molecule has 0 fully saturated rings. The Bertz CT molecular complexity index is 539. The van der Waals surface area contributed by atoms with Crippen molar-refractivity contribution in [3.05, 3.63) is 16.4 Å². The molecule has 1 unspecified atom stereocenters. The lowest BCUT2D eigenvalue weighted by Crippen LogP contribution is -2.51. The van der Waals surface area contributed by atoms with Gasteiger partial charge in [0.1, 0.15) is 0 Å². The molecule has 1 atom stereocenters. The standard InChI is InChI=1S/C13H20ClN3O3/c1-7(2)13(4,6-9(18)19)15-12(20)11-10(14)8(3)17(5)16-11/h7H,6H2,1-5H3,(H,15,20)(H,18,19). The number of halogens is 1. The molecule has 2 N–H and O–H groups in total. The van der Waals surface area contributed by atoms with Crippen LogP contribution in [0.5, 0.6) is 0 Å². The Morgan fingerprint density at radius 1 is 1.50 bits per heavy atom. The summed E-state index contributed by atoms with van der Waals surface area (Å²) in [7, 11) is 1.69. The first-order chi connectivity index (χ1) is 9.08. The molecular formula is C13H20ClN3O3. The smallest absolute Gasteiger partial charge is 0.305 e. The second kappa shape index (κ2) is 5.83. The fourth-order valence-corrected chi connectivity index (χ4v) is 2.00. The number of nitrogens with zero attached hydrogens (tertiary/aromatic N) is 2. The maximum absolute atomic E-state index is 12.3. The third kappa shape index (κ3) is 3.30. The van der Waals surface area contributed by atoms with Gasteiger partial charge in [0.2, 0.25) is 0 Å². The molecule has 6 nitrogen and oxygen atoms in total. The lowest BCUT2D eigenvalue weighted by molar-refractivity contribution is -0.138. The Morgan fingerprint density at radius 2 is 2.05 bits per heavy atom. The van der Waals surface area contributed by atoms with Crippen LogP contribution in [0.1, 0.15) is 43.4 Å². The van der Waals surface area contributed by atoms with E-state index in [2.05, 4.69) is 10.4 Å². The number of carbonyl (C=O) groups excluding carboxylic acids is 1. The average Bonchev–Trinajstić information content (AvgIpc) is 2.55. The Labute approximate surface area is 123 Å². The molecule has 0 aromatic carbocycles. The molecule has 0 aliphatic heterocycles. The minimum atomic E-state index is -0.968. The monoisotopic (exact) mass is 301 g/mol. The summed E-state index contributed by atoms with van der Waals surface area (Å²) in [4.78, 5) is 23.2. The summed E-state index contributed by atoms with van der Waals surface area (Å²) < 4.78 is 1.52. The van der Waals surface area contributed by atoms with Gasteiger partial charge in [-0.15, -0.1) is 0 Å². The van der Waals surface area contributed by atoms with Crippen LogP contribution in [0.2, 0.25) is 5.02 Å². The van der Waals surface area contributed by atoms with Gasteiger partial charge in [-0.05, 0) is 19.8 Å². The molecule has 1 aromatic rings. The van der Waals surface area contributed by atoms with E-state index in [0.29, 0.717) is 5.69 Å². The van der Waals surface area contributed by atoms with Gasteiger partial charge < -0.3 is 10.4 Å². The normalized spacial score (nSPS) is 14.2. The maximum Gasteiger partial charge on any atom is 0.305 e. The lowest BCUT2D eigenvalue weighted by atomic mass is 9.85. The first-order valence-electron chi connectivity index (χ1n) is 6.32. The van der Waals surface area contributed by atoms with Gasteiger partial charge >= 0.3 is 5.97 Å². The number of aromatic nitrogens is 2. The van der Waals surface area contributed by atoms with Crippen LogP contribution in [0.3, 0.4) is 0 Å². The fraction of sp³-hybridized carbons (Fsp3) is 0.615. The topological polar surface area (TPSA) is 84.2 Å².